The van der Waals surface area contributed by atoms with Crippen LogP contribution in [0.15, 0.2) is 28.1 Å². The second-order valence-electron chi connectivity index (χ2n) is 2.63. The zero-order valence-corrected chi connectivity index (χ0v) is 8.10. The molecule has 0 saturated carbocycles. The van der Waals surface area contributed by atoms with Crippen molar-refractivity contribution in [1.29, 1.82) is 0 Å². The van der Waals surface area contributed by atoms with Gasteiger partial charge in [-0.15, -0.1) is 11.3 Å². The second-order valence-corrected chi connectivity index (χ2v) is 3.57. The Hall–Kier alpha value is -1.13. The van der Waals surface area contributed by atoms with Crippen molar-refractivity contribution in [2.24, 2.45) is 0 Å². The van der Waals surface area contributed by atoms with Crippen molar-refractivity contribution in [3.8, 4) is 10.6 Å². The fourth-order valence-electron chi connectivity index (χ4n) is 1.08. The van der Waals surface area contributed by atoms with Gasteiger partial charge in [0.25, 0.3) is 0 Å². The SMILES string of the molecule is CNCc1ncc(-c2cccs2)o1. The molecule has 0 aliphatic rings. The van der Waals surface area contributed by atoms with E-state index in [2.05, 4.69) is 10.3 Å². The second kappa shape index (κ2) is 3.72. The Kier molecular flexibility index (Phi) is 2.42. The van der Waals surface area contributed by atoms with Crippen LogP contribution in [0.1, 0.15) is 5.89 Å². The molecule has 0 bridgehead atoms. The summed E-state index contributed by atoms with van der Waals surface area (Å²) in [7, 11) is 1.87. The van der Waals surface area contributed by atoms with Gasteiger partial charge < -0.3 is 9.73 Å². The Balaban J connectivity index is 2.23. The monoisotopic (exact) mass is 194 g/mol. The molecule has 0 saturated heterocycles. The number of thiophene rings is 1. The van der Waals surface area contributed by atoms with E-state index in [9.17, 15) is 0 Å². The van der Waals surface area contributed by atoms with Gasteiger partial charge in [-0.05, 0) is 18.5 Å². The quantitative estimate of drug-likeness (QED) is 0.813. The first-order chi connectivity index (χ1) is 6.40. The number of nitrogens with one attached hydrogen (secondary N) is 1. The highest BCUT2D eigenvalue weighted by Gasteiger charge is 2.05. The van der Waals surface area contributed by atoms with Gasteiger partial charge in [-0.25, -0.2) is 4.98 Å². The number of aromatic nitrogens is 1. The van der Waals surface area contributed by atoms with Crippen LogP contribution in [0.4, 0.5) is 0 Å². The number of hydrogen-bond donors (Lipinski definition) is 1. The molecule has 0 unspecified atom stereocenters. The topological polar surface area (TPSA) is 38.1 Å². The molecule has 0 amide bonds. The van der Waals surface area contributed by atoms with Crippen molar-refractivity contribution in [2.75, 3.05) is 7.05 Å². The average molecular weight is 194 g/mol. The zero-order valence-electron chi connectivity index (χ0n) is 7.28. The molecule has 4 heteroatoms. The molecule has 2 aromatic heterocycles. The van der Waals surface area contributed by atoms with Gasteiger partial charge >= 0.3 is 0 Å². The lowest BCUT2D eigenvalue weighted by atomic mass is 10.4. The van der Waals surface area contributed by atoms with Gasteiger partial charge in [-0.2, -0.15) is 0 Å². The molecule has 0 aliphatic carbocycles. The third-order valence-electron chi connectivity index (χ3n) is 1.65. The summed E-state index contributed by atoms with van der Waals surface area (Å²) < 4.78 is 5.51. The molecule has 3 nitrogen and oxygen atoms in total. The Morgan fingerprint density at radius 3 is 3.23 bits per heavy atom. The van der Waals surface area contributed by atoms with Crippen molar-refractivity contribution in [1.82, 2.24) is 10.3 Å². The van der Waals surface area contributed by atoms with Crippen molar-refractivity contribution in [3.05, 3.63) is 29.6 Å². The van der Waals surface area contributed by atoms with Crippen molar-refractivity contribution in [3.63, 3.8) is 0 Å². The summed E-state index contributed by atoms with van der Waals surface area (Å²) >= 11 is 1.65. The lowest BCUT2D eigenvalue weighted by molar-refractivity contribution is 0.492. The number of rotatable bonds is 3. The molecule has 2 aromatic rings. The first-order valence-electron chi connectivity index (χ1n) is 4.03. The predicted octanol–water partition coefficient (Wildman–Crippen LogP) is 2.12. The molecule has 2 heterocycles. The number of nitrogens with zero attached hydrogens (tertiary/aromatic N) is 1. The maximum absolute atomic E-state index is 5.51. The minimum atomic E-state index is 0.672. The van der Waals surface area contributed by atoms with Crippen LogP contribution in [0.3, 0.4) is 0 Å². The summed E-state index contributed by atoms with van der Waals surface area (Å²) in [6, 6.07) is 4.02. The molecule has 2 rings (SSSR count). The minimum Gasteiger partial charge on any atom is -0.438 e. The van der Waals surface area contributed by atoms with Crippen LogP contribution in [0, 0.1) is 0 Å². The highest BCUT2D eigenvalue weighted by atomic mass is 32.1. The van der Waals surface area contributed by atoms with Gasteiger partial charge in [0.05, 0.1) is 17.6 Å². The molecule has 1 N–H and O–H groups in total. The summed E-state index contributed by atoms with van der Waals surface area (Å²) in [5.41, 5.74) is 0. The minimum absolute atomic E-state index is 0.672. The molecule has 0 radical (unpaired) electrons. The van der Waals surface area contributed by atoms with Crippen LogP contribution in [-0.2, 0) is 6.54 Å². The van der Waals surface area contributed by atoms with Gasteiger partial charge in [-0.3, -0.25) is 0 Å². The van der Waals surface area contributed by atoms with E-state index in [1.165, 1.54) is 0 Å². The van der Waals surface area contributed by atoms with E-state index in [0.717, 1.165) is 16.5 Å². The van der Waals surface area contributed by atoms with Crippen molar-refractivity contribution < 1.29 is 4.42 Å². The zero-order chi connectivity index (χ0) is 9.10. The van der Waals surface area contributed by atoms with E-state index < -0.39 is 0 Å². The van der Waals surface area contributed by atoms with E-state index in [4.69, 9.17) is 4.42 Å². The lowest BCUT2D eigenvalue weighted by Gasteiger charge is -1.90. The van der Waals surface area contributed by atoms with Crippen LogP contribution >= 0.6 is 11.3 Å². The van der Waals surface area contributed by atoms with Gasteiger partial charge in [-0.1, -0.05) is 6.07 Å². The summed E-state index contributed by atoms with van der Waals surface area (Å²) in [6.45, 7) is 0.672. The molecular formula is C9H10N2OS. The summed E-state index contributed by atoms with van der Waals surface area (Å²) in [4.78, 5) is 5.26. The Morgan fingerprint density at radius 2 is 2.54 bits per heavy atom. The standard InChI is InChI=1S/C9H10N2OS/c1-10-6-9-11-5-7(12-9)8-3-2-4-13-8/h2-5,10H,6H2,1H3. The summed E-state index contributed by atoms with van der Waals surface area (Å²) in [6.07, 6.45) is 1.76. The fourth-order valence-corrected chi connectivity index (χ4v) is 1.75. The molecular weight excluding hydrogens is 184 g/mol. The van der Waals surface area contributed by atoms with Crippen LogP contribution in [0.5, 0.6) is 0 Å². The molecule has 0 aliphatic heterocycles. The van der Waals surface area contributed by atoms with E-state index >= 15 is 0 Å². The van der Waals surface area contributed by atoms with Crippen LogP contribution in [0.2, 0.25) is 0 Å². The number of oxazole rings is 1. The third-order valence-corrected chi connectivity index (χ3v) is 2.53. The van der Waals surface area contributed by atoms with E-state index in [0.29, 0.717) is 6.54 Å². The molecule has 13 heavy (non-hydrogen) atoms. The lowest BCUT2D eigenvalue weighted by Crippen LogP contribution is -2.04. The first kappa shape index (κ1) is 8.47. The fraction of sp³-hybridized carbons (Fsp3) is 0.222. The molecule has 0 atom stereocenters. The Labute approximate surface area is 80.4 Å². The highest BCUT2D eigenvalue weighted by Crippen LogP contribution is 2.24. The van der Waals surface area contributed by atoms with E-state index in [1.54, 1.807) is 17.5 Å². The van der Waals surface area contributed by atoms with Gasteiger partial charge in [0.2, 0.25) is 5.89 Å². The summed E-state index contributed by atoms with van der Waals surface area (Å²) in [5.74, 6) is 1.58. The number of hydrogen-bond acceptors (Lipinski definition) is 4. The van der Waals surface area contributed by atoms with E-state index in [-0.39, 0.29) is 0 Å². The Morgan fingerprint density at radius 1 is 1.62 bits per heavy atom. The van der Waals surface area contributed by atoms with Crippen LogP contribution in [0.25, 0.3) is 10.6 Å². The first-order valence-corrected chi connectivity index (χ1v) is 4.91. The van der Waals surface area contributed by atoms with Gasteiger partial charge in [0.1, 0.15) is 0 Å². The normalized spacial score (nSPS) is 10.5. The average Bonchev–Trinajstić information content (AvgIpc) is 2.70. The van der Waals surface area contributed by atoms with E-state index in [1.807, 2.05) is 24.6 Å². The Bertz CT molecular complexity index is 367. The summed E-state index contributed by atoms with van der Waals surface area (Å²) in [5, 5.41) is 5.01. The molecule has 0 aromatic carbocycles. The predicted molar refractivity (Wildman–Crippen MR) is 52.6 cm³/mol. The van der Waals surface area contributed by atoms with Crippen molar-refractivity contribution >= 4 is 11.3 Å². The van der Waals surface area contributed by atoms with Gasteiger partial charge in [0, 0.05) is 0 Å². The highest BCUT2D eigenvalue weighted by molar-refractivity contribution is 7.13. The molecule has 0 fully saturated rings. The largest absolute Gasteiger partial charge is 0.438 e. The van der Waals surface area contributed by atoms with Crippen LogP contribution < -0.4 is 5.32 Å². The van der Waals surface area contributed by atoms with Crippen LogP contribution in [-0.4, -0.2) is 12.0 Å². The maximum atomic E-state index is 5.51. The van der Waals surface area contributed by atoms with Gasteiger partial charge in [0.15, 0.2) is 5.76 Å². The smallest absolute Gasteiger partial charge is 0.208 e. The maximum Gasteiger partial charge on any atom is 0.208 e. The third kappa shape index (κ3) is 1.79. The molecule has 0 spiro atoms. The van der Waals surface area contributed by atoms with Crippen molar-refractivity contribution in [2.45, 2.75) is 6.54 Å². The molecule has 68 valence electrons.